The van der Waals surface area contributed by atoms with Crippen molar-refractivity contribution in [3.05, 3.63) is 298 Å². The zero-order valence-electron chi connectivity index (χ0n) is 59.1. The number of anilines is 6. The first-order valence-corrected chi connectivity index (χ1v) is 32.7. The highest BCUT2D eigenvalue weighted by Crippen LogP contribution is 2.54. The molecule has 470 valence electrons. The predicted octanol–water partition coefficient (Wildman–Crippen LogP) is 24.3. The zero-order valence-corrected chi connectivity index (χ0v) is 56.1. The van der Waals surface area contributed by atoms with E-state index >= 15 is 13.2 Å². The minimum Gasteiger partial charge on any atom is -0.336 e. The van der Waals surface area contributed by atoms with E-state index in [1.54, 1.807) is 47.4 Å². The average molecular weight is 1230 g/mol. The molecule has 93 heavy (non-hydrogen) atoms. The summed E-state index contributed by atoms with van der Waals surface area (Å²) >= 11 is 0. The van der Waals surface area contributed by atoms with Gasteiger partial charge in [0.1, 0.15) is 17.5 Å². The molecule has 3 aliphatic rings. The van der Waals surface area contributed by atoms with Crippen LogP contribution in [-0.4, -0.2) is 18.1 Å². The summed E-state index contributed by atoms with van der Waals surface area (Å²) in [6, 6.07) is 76.5. The van der Waals surface area contributed by atoms with E-state index in [0.717, 1.165) is 72.6 Å². The Morgan fingerprint density at radius 1 is 0.290 bits per heavy atom. The van der Waals surface area contributed by atoms with Crippen molar-refractivity contribution in [3.63, 3.8) is 0 Å². The van der Waals surface area contributed by atoms with Crippen LogP contribution in [0.4, 0.5) is 47.3 Å². The number of fused-ring (bicyclic) bond motifs is 9. The van der Waals surface area contributed by atoms with Crippen LogP contribution < -0.4 is 14.7 Å². The maximum atomic E-state index is 15.8. The minimum absolute atomic E-state index is 0.0918. The van der Waals surface area contributed by atoms with Crippen LogP contribution in [0.5, 0.6) is 0 Å². The van der Waals surface area contributed by atoms with E-state index in [-0.39, 0.29) is 57.4 Å². The minimum atomic E-state index is -2.29. The number of nitrogens with zero attached hydrogens (tertiary/aromatic N) is 3. The highest BCUT2D eigenvalue weighted by molar-refractivity contribution is 5.88. The average Bonchev–Trinajstić information content (AvgIpc) is 1.58. The second-order valence-electron chi connectivity index (χ2n) is 27.7. The van der Waals surface area contributed by atoms with Crippen LogP contribution in [0.2, 0.25) is 0 Å². The molecule has 6 heteroatoms. The second kappa shape index (κ2) is 24.9. The summed E-state index contributed by atoms with van der Waals surface area (Å²) in [4.78, 5) is 6.10. The van der Waals surface area contributed by atoms with E-state index in [9.17, 15) is 0 Å². The van der Waals surface area contributed by atoms with Gasteiger partial charge in [-0.3, -0.25) is 0 Å². The third-order valence-corrected chi connectivity index (χ3v) is 19.7. The number of halogens is 3. The Morgan fingerprint density at radius 2 is 0.645 bits per heavy atom. The molecule has 0 aromatic heterocycles. The van der Waals surface area contributed by atoms with Gasteiger partial charge in [-0.1, -0.05) is 217 Å². The van der Waals surface area contributed by atoms with Crippen molar-refractivity contribution in [2.75, 3.05) is 14.7 Å². The Bertz CT molecular complexity index is 4610. The van der Waals surface area contributed by atoms with E-state index in [0.29, 0.717) is 22.7 Å². The van der Waals surface area contributed by atoms with Crippen LogP contribution in [0.25, 0.3) is 55.6 Å². The summed E-state index contributed by atoms with van der Waals surface area (Å²) in [6.07, 6.45) is 0. The summed E-state index contributed by atoms with van der Waals surface area (Å²) in [5, 5.41) is 0. The molecule has 3 nitrogen and oxygen atoms in total. The van der Waals surface area contributed by atoms with Gasteiger partial charge in [-0.05, 0) is 223 Å². The van der Waals surface area contributed by atoms with Crippen molar-refractivity contribution in [3.8, 4) is 55.6 Å². The molecule has 0 radical (unpaired) electrons. The lowest BCUT2D eigenvalue weighted by Crippen LogP contribution is -2.28. The zero-order chi connectivity index (χ0) is 68.5. The van der Waals surface area contributed by atoms with Crippen LogP contribution >= 0.6 is 0 Å². The fraction of sp³-hybridized carbons (Fsp3) is 0.241. The van der Waals surface area contributed by atoms with Crippen LogP contribution in [0.1, 0.15) is 137 Å². The number of hydrogen-bond acceptors (Lipinski definition) is 3. The molecule has 0 atom stereocenters. The molecule has 0 amide bonds. The monoisotopic (exact) mass is 1230 g/mol. The maximum absolute atomic E-state index is 15.8. The van der Waals surface area contributed by atoms with Crippen LogP contribution in [0.15, 0.2) is 231 Å². The van der Waals surface area contributed by atoms with Gasteiger partial charge in [-0.2, -0.15) is 0 Å². The standard InChI is InChI=1S/2C31H30FN.C25H26FN/c1-20(2)33(29-17-11-15-23(21(29)3)22-12-7-6-8-13-22)30-19-27-25(18-28(30)32)24-14-9-10-16-26(24)31(27,4)5;1-20(2)33(29-17-23(16-15-21(29)3)22-11-7-6-8-12-22)30-19-27-25(18-28(30)32)24-13-9-10-14-26(24)31(27,4)5;1-16(2)27(23-13-9-6-10-17(23)3)24-15-21-19(14-22(24)26)18-11-7-8-12-20(18)25(21,4)5/h2*6-20H,1-5H3;6-16H,1-5H3/i;;3D3. The normalized spacial score (nSPS) is 14.4. The van der Waals surface area contributed by atoms with E-state index < -0.39 is 6.85 Å². The summed E-state index contributed by atoms with van der Waals surface area (Å²) in [6.45, 7) is 27.6. The van der Waals surface area contributed by atoms with Gasteiger partial charge in [0.05, 0.1) is 17.1 Å². The molecule has 0 fully saturated rings. The van der Waals surface area contributed by atoms with E-state index in [1.165, 1.54) is 38.9 Å². The molecule has 0 heterocycles. The summed E-state index contributed by atoms with van der Waals surface area (Å²) in [5.74, 6) is -0.714. The highest BCUT2D eigenvalue weighted by atomic mass is 19.1. The molecule has 0 saturated heterocycles. The molecule has 0 bridgehead atoms. The van der Waals surface area contributed by atoms with Crippen LogP contribution in [0, 0.1) is 38.2 Å². The molecule has 14 rings (SSSR count). The summed E-state index contributed by atoms with van der Waals surface area (Å²) in [7, 11) is 0. The summed E-state index contributed by atoms with van der Waals surface area (Å²) in [5.41, 5.74) is 24.2. The Hall–Kier alpha value is -9.39. The lowest BCUT2D eigenvalue weighted by Gasteiger charge is -2.33. The van der Waals surface area contributed by atoms with E-state index in [2.05, 4.69) is 232 Å². The second-order valence-corrected chi connectivity index (χ2v) is 27.7. The first-order valence-electron chi connectivity index (χ1n) is 34.2. The van der Waals surface area contributed by atoms with Crippen molar-refractivity contribution in [2.24, 2.45) is 0 Å². The first kappa shape index (κ1) is 59.9. The smallest absolute Gasteiger partial charge is 0.147 e. The Morgan fingerprint density at radius 3 is 1.08 bits per heavy atom. The van der Waals surface area contributed by atoms with Gasteiger partial charge in [0.2, 0.25) is 0 Å². The number of para-hydroxylation sites is 1. The van der Waals surface area contributed by atoms with Gasteiger partial charge in [0.25, 0.3) is 0 Å². The fourth-order valence-corrected chi connectivity index (χ4v) is 14.9. The molecule has 0 spiro atoms. The Labute approximate surface area is 555 Å². The van der Waals surface area contributed by atoms with Gasteiger partial charge in [-0.25, -0.2) is 13.2 Å². The first-order chi connectivity index (χ1) is 45.6. The molecule has 0 saturated carbocycles. The van der Waals surface area contributed by atoms with Crippen molar-refractivity contribution in [1.82, 2.24) is 0 Å². The van der Waals surface area contributed by atoms with Crippen molar-refractivity contribution >= 4 is 34.1 Å². The molecular formula is C87H86F3N3. The molecule has 11 aromatic carbocycles. The van der Waals surface area contributed by atoms with Crippen molar-refractivity contribution in [1.29, 1.82) is 0 Å². The quantitative estimate of drug-likeness (QED) is 0.128. The van der Waals surface area contributed by atoms with Crippen molar-refractivity contribution in [2.45, 2.75) is 138 Å². The predicted molar refractivity (Wildman–Crippen MR) is 388 cm³/mol. The molecule has 0 N–H and O–H groups in total. The van der Waals surface area contributed by atoms with Gasteiger partial charge in [0.15, 0.2) is 0 Å². The third-order valence-electron chi connectivity index (χ3n) is 19.7. The molecule has 0 aliphatic heterocycles. The largest absolute Gasteiger partial charge is 0.336 e. The fourth-order valence-electron chi connectivity index (χ4n) is 14.9. The topological polar surface area (TPSA) is 9.72 Å². The Kier molecular flexibility index (Phi) is 16.0. The molecule has 11 aromatic rings. The summed E-state index contributed by atoms with van der Waals surface area (Å²) < 4.78 is 71.0. The lowest BCUT2D eigenvalue weighted by molar-refractivity contribution is 0.612. The van der Waals surface area contributed by atoms with Gasteiger partial charge < -0.3 is 14.7 Å². The number of benzene rings is 11. The molecule has 0 unspecified atom stereocenters. The van der Waals surface area contributed by atoms with Gasteiger partial charge >= 0.3 is 0 Å². The maximum Gasteiger partial charge on any atom is 0.147 e. The number of rotatable bonds is 11. The van der Waals surface area contributed by atoms with E-state index in [1.807, 2.05) is 62.4 Å². The Balaban J connectivity index is 0.000000138. The number of hydrogen-bond donors (Lipinski definition) is 0. The molecule has 3 aliphatic carbocycles. The number of aryl methyl sites for hydroxylation is 2. The van der Waals surface area contributed by atoms with Gasteiger partial charge in [0, 0.05) is 55.5 Å². The van der Waals surface area contributed by atoms with E-state index in [4.69, 9.17) is 4.11 Å². The van der Waals surface area contributed by atoms with Crippen LogP contribution in [0.3, 0.4) is 0 Å². The third kappa shape index (κ3) is 11.3. The molecular weight excluding hydrogens is 1140 g/mol. The lowest BCUT2D eigenvalue weighted by atomic mass is 9.82. The van der Waals surface area contributed by atoms with Crippen LogP contribution in [-0.2, 0) is 16.2 Å². The van der Waals surface area contributed by atoms with Gasteiger partial charge in [-0.15, -0.1) is 0 Å². The highest BCUT2D eigenvalue weighted by Gasteiger charge is 2.40. The van der Waals surface area contributed by atoms with Crippen molar-refractivity contribution < 1.29 is 17.3 Å². The SMILES string of the molecule is Cc1c(-c2ccccc2)cccc1N(c1cc2c(cc1F)-c1ccccc1C2(C)C)C(C)C.Cc1ccc(-c2ccccc2)cc1N(c1cc2c(cc1F)-c1ccccc1C2(C)C)C(C)C.[2H]C([2H])([2H])c1ccccc1N(c1cc2c(cc1F)-c1ccccc1C2(C)C)C(C)C.